The number of aryl methyl sites for hydroxylation is 1. The second-order valence-electron chi connectivity index (χ2n) is 5.42. The molecule has 0 amide bonds. The summed E-state index contributed by atoms with van der Waals surface area (Å²) in [6.45, 7) is 4.69. The molecule has 17 heavy (non-hydrogen) atoms. The van der Waals surface area contributed by atoms with Crippen LogP contribution in [0.2, 0.25) is 0 Å². The summed E-state index contributed by atoms with van der Waals surface area (Å²) < 4.78 is 13.6. The monoisotopic (exact) mass is 235 g/mol. The Labute approximate surface area is 101 Å². The van der Waals surface area contributed by atoms with Crippen LogP contribution in [0.5, 0.6) is 0 Å². The van der Waals surface area contributed by atoms with Crippen LogP contribution in [0.15, 0.2) is 18.2 Å². The second kappa shape index (κ2) is 3.79. The molecule has 0 aliphatic carbocycles. The molecule has 2 aliphatic rings. The maximum atomic E-state index is 13.6. The van der Waals surface area contributed by atoms with Crippen molar-refractivity contribution < 1.29 is 9.50 Å². The van der Waals surface area contributed by atoms with Crippen molar-refractivity contribution in [3.05, 3.63) is 35.1 Å². The van der Waals surface area contributed by atoms with Crippen LogP contribution in [-0.4, -0.2) is 29.6 Å². The van der Waals surface area contributed by atoms with Crippen molar-refractivity contribution in [3.63, 3.8) is 0 Å². The number of hydrogen-bond donors (Lipinski definition) is 1. The Kier molecular flexibility index (Phi) is 2.49. The summed E-state index contributed by atoms with van der Waals surface area (Å²) in [4.78, 5) is 2.38. The summed E-state index contributed by atoms with van der Waals surface area (Å²) in [5, 5.41) is 10.9. The van der Waals surface area contributed by atoms with Crippen molar-refractivity contribution in [2.45, 2.75) is 25.4 Å². The number of aliphatic hydroxyl groups is 1. The van der Waals surface area contributed by atoms with E-state index in [1.165, 1.54) is 6.07 Å². The summed E-state index contributed by atoms with van der Waals surface area (Å²) in [5.74, 6) is 0.0507. The van der Waals surface area contributed by atoms with Crippen LogP contribution in [0.3, 0.4) is 0 Å². The normalized spacial score (nSPS) is 36.2. The van der Waals surface area contributed by atoms with Gasteiger partial charge in [0.1, 0.15) is 5.82 Å². The number of hydrogen-bond acceptors (Lipinski definition) is 2. The fourth-order valence-electron chi connectivity index (χ4n) is 3.20. The lowest BCUT2D eigenvalue weighted by atomic mass is 9.77. The van der Waals surface area contributed by atoms with Crippen molar-refractivity contribution in [3.8, 4) is 0 Å². The number of halogens is 1. The molecule has 2 bridgehead atoms. The third kappa shape index (κ3) is 1.69. The summed E-state index contributed by atoms with van der Waals surface area (Å²) in [7, 11) is 0. The van der Waals surface area contributed by atoms with Crippen molar-refractivity contribution in [2.75, 3.05) is 19.6 Å². The molecule has 2 saturated heterocycles. The Morgan fingerprint density at radius 3 is 3.00 bits per heavy atom. The molecule has 2 fully saturated rings. The Hall–Kier alpha value is -0.930. The first-order chi connectivity index (χ1) is 8.09. The molecule has 1 N–H and O–H groups in total. The van der Waals surface area contributed by atoms with Crippen LogP contribution in [0.25, 0.3) is 0 Å². The van der Waals surface area contributed by atoms with Gasteiger partial charge in [-0.1, -0.05) is 12.1 Å². The minimum absolute atomic E-state index is 0.212. The SMILES string of the molecule is Cc1ccc(C2(O)CCN3CCC2C3)cc1F. The van der Waals surface area contributed by atoms with E-state index in [0.717, 1.165) is 38.0 Å². The predicted molar refractivity (Wildman–Crippen MR) is 64.2 cm³/mol. The Morgan fingerprint density at radius 1 is 1.41 bits per heavy atom. The molecule has 3 rings (SSSR count). The van der Waals surface area contributed by atoms with Crippen molar-refractivity contribution >= 4 is 0 Å². The maximum Gasteiger partial charge on any atom is 0.126 e. The van der Waals surface area contributed by atoms with Gasteiger partial charge < -0.3 is 10.0 Å². The second-order valence-corrected chi connectivity index (χ2v) is 5.42. The van der Waals surface area contributed by atoms with Crippen LogP contribution in [-0.2, 0) is 5.60 Å². The van der Waals surface area contributed by atoms with E-state index >= 15 is 0 Å². The highest BCUT2D eigenvalue weighted by Crippen LogP contribution is 2.42. The minimum atomic E-state index is -0.818. The number of nitrogens with zero attached hydrogens (tertiary/aromatic N) is 1. The fraction of sp³-hybridized carbons (Fsp3) is 0.571. The Bertz CT molecular complexity index is 448. The highest BCUT2D eigenvalue weighted by atomic mass is 19.1. The number of benzene rings is 1. The molecule has 1 aromatic rings. The van der Waals surface area contributed by atoms with E-state index < -0.39 is 5.60 Å². The van der Waals surface area contributed by atoms with Gasteiger partial charge in [0.15, 0.2) is 0 Å². The summed E-state index contributed by atoms with van der Waals surface area (Å²) in [6, 6.07) is 5.17. The van der Waals surface area contributed by atoms with Gasteiger partial charge in [-0.25, -0.2) is 4.39 Å². The molecule has 0 radical (unpaired) electrons. The Morgan fingerprint density at radius 2 is 2.24 bits per heavy atom. The van der Waals surface area contributed by atoms with E-state index in [-0.39, 0.29) is 11.7 Å². The fourth-order valence-corrected chi connectivity index (χ4v) is 3.20. The van der Waals surface area contributed by atoms with Crippen LogP contribution in [0, 0.1) is 18.7 Å². The molecule has 0 aromatic heterocycles. The van der Waals surface area contributed by atoms with Gasteiger partial charge >= 0.3 is 0 Å². The van der Waals surface area contributed by atoms with Crippen molar-refractivity contribution in [1.82, 2.24) is 4.90 Å². The molecular weight excluding hydrogens is 217 g/mol. The summed E-state index contributed by atoms with van der Waals surface area (Å²) >= 11 is 0. The third-order valence-corrected chi connectivity index (χ3v) is 4.43. The topological polar surface area (TPSA) is 23.5 Å². The lowest BCUT2D eigenvalue weighted by molar-refractivity contribution is -0.0504. The van der Waals surface area contributed by atoms with Crippen molar-refractivity contribution in [2.24, 2.45) is 5.92 Å². The first-order valence-electron chi connectivity index (χ1n) is 6.31. The molecule has 0 spiro atoms. The standard InChI is InChI=1S/C14H18FNO/c1-10-2-3-11(8-13(10)15)14(17)5-7-16-6-4-12(14)9-16/h2-3,8,12,17H,4-7,9H2,1H3. The average Bonchev–Trinajstić information content (AvgIpc) is 2.73. The number of piperidine rings is 1. The number of fused-ring (bicyclic) bond motifs is 2. The van der Waals surface area contributed by atoms with E-state index in [1.807, 2.05) is 6.07 Å². The lowest BCUT2D eigenvalue weighted by Crippen LogP contribution is -2.44. The zero-order valence-corrected chi connectivity index (χ0v) is 10.1. The Balaban J connectivity index is 1.98. The molecule has 0 saturated carbocycles. The smallest absolute Gasteiger partial charge is 0.126 e. The predicted octanol–water partition coefficient (Wildman–Crippen LogP) is 2.05. The molecule has 3 atom stereocenters. The first-order valence-corrected chi connectivity index (χ1v) is 6.31. The molecule has 2 nitrogen and oxygen atoms in total. The largest absolute Gasteiger partial charge is 0.385 e. The van der Waals surface area contributed by atoms with Crippen LogP contribution < -0.4 is 0 Å². The van der Waals surface area contributed by atoms with Gasteiger partial charge in [0.25, 0.3) is 0 Å². The van der Waals surface area contributed by atoms with E-state index in [0.29, 0.717) is 5.56 Å². The molecule has 1 aromatic carbocycles. The first kappa shape index (κ1) is 11.2. The van der Waals surface area contributed by atoms with Gasteiger partial charge in [-0.05, 0) is 43.5 Å². The molecule has 92 valence electrons. The van der Waals surface area contributed by atoms with Gasteiger partial charge in [0.2, 0.25) is 0 Å². The number of rotatable bonds is 1. The highest BCUT2D eigenvalue weighted by molar-refractivity contribution is 5.29. The lowest BCUT2D eigenvalue weighted by Gasteiger charge is -2.39. The molecule has 2 aliphatic heterocycles. The van der Waals surface area contributed by atoms with E-state index in [1.54, 1.807) is 13.0 Å². The minimum Gasteiger partial charge on any atom is -0.385 e. The third-order valence-electron chi connectivity index (χ3n) is 4.43. The summed E-state index contributed by atoms with van der Waals surface area (Å²) in [6.07, 6.45) is 1.74. The van der Waals surface area contributed by atoms with E-state index in [9.17, 15) is 9.50 Å². The molecule has 2 heterocycles. The van der Waals surface area contributed by atoms with Crippen LogP contribution >= 0.6 is 0 Å². The van der Waals surface area contributed by atoms with Crippen molar-refractivity contribution in [1.29, 1.82) is 0 Å². The zero-order chi connectivity index (χ0) is 12.0. The van der Waals surface area contributed by atoms with Gasteiger partial charge in [-0.15, -0.1) is 0 Å². The quantitative estimate of drug-likeness (QED) is 0.805. The molecule has 3 heteroatoms. The molecular formula is C14H18FNO. The molecule has 3 unspecified atom stereocenters. The average molecular weight is 235 g/mol. The van der Waals surface area contributed by atoms with Gasteiger partial charge in [0, 0.05) is 19.0 Å². The van der Waals surface area contributed by atoms with Gasteiger partial charge in [-0.3, -0.25) is 0 Å². The summed E-state index contributed by atoms with van der Waals surface area (Å²) in [5.41, 5.74) is 0.579. The highest BCUT2D eigenvalue weighted by Gasteiger charge is 2.45. The van der Waals surface area contributed by atoms with Gasteiger partial charge in [-0.2, -0.15) is 0 Å². The van der Waals surface area contributed by atoms with E-state index in [2.05, 4.69) is 4.90 Å². The van der Waals surface area contributed by atoms with Gasteiger partial charge in [0.05, 0.1) is 5.60 Å². The van der Waals surface area contributed by atoms with Crippen LogP contribution in [0.1, 0.15) is 24.0 Å². The van der Waals surface area contributed by atoms with E-state index in [4.69, 9.17) is 0 Å². The zero-order valence-electron chi connectivity index (χ0n) is 10.1. The maximum absolute atomic E-state index is 13.6. The van der Waals surface area contributed by atoms with Crippen LogP contribution in [0.4, 0.5) is 4.39 Å².